The van der Waals surface area contributed by atoms with Crippen LogP contribution in [-0.2, 0) is 9.59 Å². The lowest BCUT2D eigenvalue weighted by atomic mass is 9.94. The predicted molar refractivity (Wildman–Crippen MR) is 109 cm³/mol. The first-order valence-corrected chi connectivity index (χ1v) is 10.7. The monoisotopic (exact) mass is 387 g/mol. The average molecular weight is 388 g/mol. The standard InChI is InChI=1S/C22H33N3O3/c26-21(11-16-28-20-6-2-1-3-7-20)25-14-9-19(10-15-25)22(27)24-13-8-18-5-4-12-23-17-18/h1-3,6-7,18-19,23H,4-5,8-17H2,(H,24,27). The molecule has 2 N–H and O–H groups in total. The van der Waals surface area contributed by atoms with Gasteiger partial charge in [-0.3, -0.25) is 9.59 Å². The zero-order valence-corrected chi connectivity index (χ0v) is 16.7. The van der Waals surface area contributed by atoms with Crippen LogP contribution in [-0.4, -0.2) is 56.0 Å². The lowest BCUT2D eigenvalue weighted by molar-refractivity contribution is -0.136. The summed E-state index contributed by atoms with van der Waals surface area (Å²) in [6.45, 7) is 4.67. The van der Waals surface area contributed by atoms with Crippen LogP contribution in [0.25, 0.3) is 0 Å². The van der Waals surface area contributed by atoms with Gasteiger partial charge >= 0.3 is 0 Å². The molecule has 0 spiro atoms. The van der Waals surface area contributed by atoms with Gasteiger partial charge in [0.15, 0.2) is 0 Å². The average Bonchev–Trinajstić information content (AvgIpc) is 2.75. The number of piperidine rings is 2. The van der Waals surface area contributed by atoms with Crippen LogP contribution in [0.3, 0.4) is 0 Å². The van der Waals surface area contributed by atoms with E-state index < -0.39 is 0 Å². The third-order valence-corrected chi connectivity index (χ3v) is 5.80. The second-order valence-corrected chi connectivity index (χ2v) is 7.86. The number of carbonyl (C=O) groups is 2. The van der Waals surface area contributed by atoms with Crippen molar-refractivity contribution in [2.75, 3.05) is 39.3 Å². The largest absolute Gasteiger partial charge is 0.493 e. The SMILES string of the molecule is O=C(NCCC1CCCNC1)C1CCN(C(=O)CCOc2ccccc2)CC1. The van der Waals surface area contributed by atoms with Crippen molar-refractivity contribution in [3.63, 3.8) is 0 Å². The van der Waals surface area contributed by atoms with E-state index in [9.17, 15) is 9.59 Å². The van der Waals surface area contributed by atoms with Crippen LogP contribution in [0.15, 0.2) is 30.3 Å². The number of carbonyl (C=O) groups excluding carboxylic acids is 2. The van der Waals surface area contributed by atoms with Gasteiger partial charge in [0.05, 0.1) is 13.0 Å². The number of hydrogen-bond donors (Lipinski definition) is 2. The summed E-state index contributed by atoms with van der Waals surface area (Å²) in [6, 6.07) is 9.54. The number of amides is 2. The summed E-state index contributed by atoms with van der Waals surface area (Å²) in [7, 11) is 0. The van der Waals surface area contributed by atoms with E-state index >= 15 is 0 Å². The van der Waals surface area contributed by atoms with Crippen molar-refractivity contribution < 1.29 is 14.3 Å². The summed E-state index contributed by atoms with van der Waals surface area (Å²) in [4.78, 5) is 26.6. The molecule has 0 aliphatic carbocycles. The predicted octanol–water partition coefficient (Wildman–Crippen LogP) is 2.20. The van der Waals surface area contributed by atoms with Crippen molar-refractivity contribution >= 4 is 11.8 Å². The fourth-order valence-corrected chi connectivity index (χ4v) is 4.04. The minimum atomic E-state index is 0.0362. The summed E-state index contributed by atoms with van der Waals surface area (Å²) in [5.74, 6) is 1.78. The van der Waals surface area contributed by atoms with Crippen molar-refractivity contribution in [3.8, 4) is 5.75 Å². The first kappa shape index (κ1) is 20.6. The molecule has 1 unspecified atom stereocenters. The normalized spacial score (nSPS) is 20.6. The number of likely N-dealkylation sites (tertiary alicyclic amines) is 1. The van der Waals surface area contributed by atoms with Gasteiger partial charge in [0, 0.05) is 25.6 Å². The molecule has 0 radical (unpaired) electrons. The van der Waals surface area contributed by atoms with Gasteiger partial charge < -0.3 is 20.3 Å². The van der Waals surface area contributed by atoms with Crippen molar-refractivity contribution in [2.45, 2.75) is 38.5 Å². The number of rotatable bonds is 8. The highest BCUT2D eigenvalue weighted by atomic mass is 16.5. The van der Waals surface area contributed by atoms with Crippen LogP contribution in [0.1, 0.15) is 38.5 Å². The molecule has 2 fully saturated rings. The molecular formula is C22H33N3O3. The highest BCUT2D eigenvalue weighted by Gasteiger charge is 2.27. The summed E-state index contributed by atoms with van der Waals surface area (Å²) >= 11 is 0. The maximum absolute atomic E-state index is 12.4. The van der Waals surface area contributed by atoms with Gasteiger partial charge in [0.1, 0.15) is 5.75 Å². The Bertz CT molecular complexity index is 609. The highest BCUT2D eigenvalue weighted by molar-refractivity contribution is 5.80. The van der Waals surface area contributed by atoms with E-state index in [1.165, 1.54) is 12.8 Å². The fraction of sp³-hybridized carbons (Fsp3) is 0.636. The number of benzene rings is 1. The molecule has 6 nitrogen and oxygen atoms in total. The molecule has 2 amide bonds. The van der Waals surface area contributed by atoms with Gasteiger partial charge in [0.25, 0.3) is 0 Å². The zero-order chi connectivity index (χ0) is 19.6. The van der Waals surface area contributed by atoms with Gasteiger partial charge in [-0.25, -0.2) is 0 Å². The topological polar surface area (TPSA) is 70.7 Å². The van der Waals surface area contributed by atoms with Crippen LogP contribution in [0.2, 0.25) is 0 Å². The zero-order valence-electron chi connectivity index (χ0n) is 16.7. The molecule has 28 heavy (non-hydrogen) atoms. The molecular weight excluding hydrogens is 354 g/mol. The fourth-order valence-electron chi connectivity index (χ4n) is 4.04. The first-order chi connectivity index (χ1) is 13.7. The Morgan fingerprint density at radius 2 is 1.93 bits per heavy atom. The van der Waals surface area contributed by atoms with E-state index in [1.807, 2.05) is 35.2 Å². The third-order valence-electron chi connectivity index (χ3n) is 5.80. The van der Waals surface area contributed by atoms with Gasteiger partial charge in [0.2, 0.25) is 11.8 Å². The van der Waals surface area contributed by atoms with E-state index in [0.29, 0.717) is 32.0 Å². The third kappa shape index (κ3) is 6.51. The molecule has 6 heteroatoms. The molecule has 1 aromatic carbocycles. The van der Waals surface area contributed by atoms with E-state index in [2.05, 4.69) is 10.6 Å². The van der Waals surface area contributed by atoms with Gasteiger partial charge in [-0.05, 0) is 63.2 Å². The summed E-state index contributed by atoms with van der Waals surface area (Å²) in [6.07, 6.45) is 5.43. The Morgan fingerprint density at radius 3 is 2.64 bits per heavy atom. The van der Waals surface area contributed by atoms with Crippen LogP contribution in [0, 0.1) is 11.8 Å². The molecule has 2 heterocycles. The Kier molecular flexibility index (Phi) is 8.15. The Morgan fingerprint density at radius 1 is 1.14 bits per heavy atom. The molecule has 3 rings (SSSR count). The van der Waals surface area contributed by atoms with Crippen LogP contribution in [0.4, 0.5) is 0 Å². The van der Waals surface area contributed by atoms with E-state index in [4.69, 9.17) is 4.74 Å². The van der Waals surface area contributed by atoms with Crippen LogP contribution >= 0.6 is 0 Å². The van der Waals surface area contributed by atoms with Gasteiger partial charge in [-0.2, -0.15) is 0 Å². The minimum absolute atomic E-state index is 0.0362. The Balaban J connectivity index is 1.28. The molecule has 1 aromatic rings. The molecule has 2 aliphatic heterocycles. The molecule has 1 atom stereocenters. The van der Waals surface area contributed by atoms with Gasteiger partial charge in [-0.15, -0.1) is 0 Å². The molecule has 154 valence electrons. The number of nitrogens with zero attached hydrogens (tertiary/aromatic N) is 1. The van der Waals surface area contributed by atoms with Crippen molar-refractivity contribution in [2.24, 2.45) is 11.8 Å². The van der Waals surface area contributed by atoms with Crippen molar-refractivity contribution in [3.05, 3.63) is 30.3 Å². The second kappa shape index (κ2) is 11.1. The smallest absolute Gasteiger partial charge is 0.225 e. The molecule has 2 saturated heterocycles. The van der Waals surface area contributed by atoms with E-state index in [1.54, 1.807) is 0 Å². The molecule has 0 aromatic heterocycles. The summed E-state index contributed by atoms with van der Waals surface area (Å²) in [5.41, 5.74) is 0. The first-order valence-electron chi connectivity index (χ1n) is 10.7. The van der Waals surface area contributed by atoms with Crippen LogP contribution in [0.5, 0.6) is 5.75 Å². The second-order valence-electron chi connectivity index (χ2n) is 7.86. The number of para-hydroxylation sites is 1. The molecule has 0 bridgehead atoms. The Labute approximate surface area is 168 Å². The van der Waals surface area contributed by atoms with Crippen LogP contribution < -0.4 is 15.4 Å². The van der Waals surface area contributed by atoms with E-state index in [-0.39, 0.29) is 17.7 Å². The number of hydrogen-bond acceptors (Lipinski definition) is 4. The maximum Gasteiger partial charge on any atom is 0.225 e. The van der Waals surface area contributed by atoms with Gasteiger partial charge in [-0.1, -0.05) is 18.2 Å². The van der Waals surface area contributed by atoms with Crippen molar-refractivity contribution in [1.82, 2.24) is 15.5 Å². The lowest BCUT2D eigenvalue weighted by Crippen LogP contribution is -2.43. The number of nitrogens with one attached hydrogen (secondary N) is 2. The van der Waals surface area contributed by atoms with Crippen molar-refractivity contribution in [1.29, 1.82) is 0 Å². The number of ether oxygens (including phenoxy) is 1. The van der Waals surface area contributed by atoms with E-state index in [0.717, 1.165) is 44.6 Å². The highest BCUT2D eigenvalue weighted by Crippen LogP contribution is 2.19. The summed E-state index contributed by atoms with van der Waals surface area (Å²) < 4.78 is 5.60. The molecule has 2 aliphatic rings. The maximum atomic E-state index is 12.4. The summed E-state index contributed by atoms with van der Waals surface area (Å²) in [5, 5.41) is 6.52. The molecule has 0 saturated carbocycles. The quantitative estimate of drug-likeness (QED) is 0.717. The minimum Gasteiger partial charge on any atom is -0.493 e. The Hall–Kier alpha value is -2.08. The lowest BCUT2D eigenvalue weighted by Gasteiger charge is -2.31.